The van der Waals surface area contributed by atoms with Gasteiger partial charge in [-0.05, 0) is 64.9 Å². The van der Waals surface area contributed by atoms with Crippen LogP contribution in [0.1, 0.15) is 33.1 Å². The van der Waals surface area contributed by atoms with Gasteiger partial charge in [-0.25, -0.2) is 4.98 Å². The summed E-state index contributed by atoms with van der Waals surface area (Å²) in [6.45, 7) is 12.4. The molecular weight excluding hydrogens is 320 g/mol. The van der Waals surface area contributed by atoms with Gasteiger partial charge in [0.15, 0.2) is 0 Å². The zero-order valence-electron chi connectivity index (χ0n) is 17.2. The number of aromatic nitrogens is 1. The van der Waals surface area contributed by atoms with Crippen LogP contribution in [0.2, 0.25) is 0 Å². The first-order chi connectivity index (χ1) is 12.6. The third kappa shape index (κ3) is 10.2. The number of likely N-dealkylation sites (N-methyl/N-ethyl adjacent to an activating group) is 2. The van der Waals surface area contributed by atoms with E-state index < -0.39 is 0 Å². The van der Waals surface area contributed by atoms with E-state index in [2.05, 4.69) is 65.6 Å². The van der Waals surface area contributed by atoms with Gasteiger partial charge in [-0.1, -0.05) is 19.1 Å². The molecule has 146 valence electrons. The number of terminal acetylenes is 1. The minimum absolute atomic E-state index is 0.750. The number of pyridine rings is 1. The first-order valence-electron chi connectivity index (χ1n) is 9.52. The monoisotopic (exact) mass is 358 g/mol. The Morgan fingerprint density at radius 1 is 1.19 bits per heavy atom. The van der Waals surface area contributed by atoms with Gasteiger partial charge in [0.05, 0.1) is 0 Å². The average Bonchev–Trinajstić information content (AvgIpc) is 3.11. The Bertz CT molecular complexity index is 464. The fourth-order valence-electron chi connectivity index (χ4n) is 2.95. The van der Waals surface area contributed by atoms with Crippen LogP contribution in [0.25, 0.3) is 0 Å². The Labute approximate surface area is 161 Å². The van der Waals surface area contributed by atoms with Gasteiger partial charge in [0.2, 0.25) is 0 Å². The summed E-state index contributed by atoms with van der Waals surface area (Å²) < 4.78 is 0. The molecule has 0 saturated carbocycles. The van der Waals surface area contributed by atoms with Crippen LogP contribution in [0.15, 0.2) is 37.1 Å². The maximum atomic E-state index is 4.35. The molecule has 1 atom stereocenters. The molecular formula is C22H38N4. The quantitative estimate of drug-likeness (QED) is 0.646. The molecule has 2 aliphatic rings. The van der Waals surface area contributed by atoms with Crippen LogP contribution in [-0.2, 0) is 0 Å². The van der Waals surface area contributed by atoms with E-state index in [0.29, 0.717) is 0 Å². The topological polar surface area (TPSA) is 31.4 Å². The Hall–Kier alpha value is -1.83. The highest BCUT2D eigenvalue weighted by molar-refractivity contribution is 5.37. The molecule has 2 aliphatic heterocycles. The van der Waals surface area contributed by atoms with E-state index in [1.807, 2.05) is 26.2 Å². The first-order valence-corrected chi connectivity index (χ1v) is 9.52. The highest BCUT2D eigenvalue weighted by atomic mass is 15.2. The zero-order valence-corrected chi connectivity index (χ0v) is 17.2. The molecule has 4 heteroatoms. The van der Waals surface area contributed by atoms with Crippen molar-refractivity contribution in [3.8, 4) is 12.8 Å². The number of hydrogen-bond donors (Lipinski definition) is 1. The highest BCUT2D eigenvalue weighted by Crippen LogP contribution is 2.20. The lowest BCUT2D eigenvalue weighted by Gasteiger charge is -2.31. The standard InChI is InChI=1S/C11H16N2.C6H14N2.C3H6.C2H2/c1-10-5-8-13(9-6-10)11-4-2-3-7-12-11;1-7-6-3-4-8(2)5-6;1-3-2;1-2/h2-4,7,10H,5-6,8-9H2,1H3;6-7H,3-5H2,1-2H3;3H,1H2,2H3;1-2H. The van der Waals surface area contributed by atoms with Gasteiger partial charge in [0.1, 0.15) is 5.82 Å². The van der Waals surface area contributed by atoms with Crippen molar-refractivity contribution in [3.05, 3.63) is 37.1 Å². The largest absolute Gasteiger partial charge is 0.357 e. The normalized spacial score (nSPS) is 19.8. The molecule has 3 rings (SSSR count). The molecule has 2 saturated heterocycles. The summed E-state index contributed by atoms with van der Waals surface area (Å²) in [4.78, 5) is 9.08. The molecule has 0 aliphatic carbocycles. The van der Waals surface area contributed by atoms with Crippen LogP contribution in [0.4, 0.5) is 5.82 Å². The third-order valence-corrected chi connectivity index (χ3v) is 4.56. The maximum absolute atomic E-state index is 4.35. The molecule has 1 unspecified atom stereocenters. The smallest absolute Gasteiger partial charge is 0.128 e. The minimum atomic E-state index is 0.750. The van der Waals surface area contributed by atoms with E-state index in [-0.39, 0.29) is 0 Å². The number of hydrogen-bond acceptors (Lipinski definition) is 4. The van der Waals surface area contributed by atoms with Crippen molar-refractivity contribution in [2.24, 2.45) is 5.92 Å². The van der Waals surface area contributed by atoms with E-state index in [1.165, 1.54) is 32.4 Å². The van der Waals surface area contributed by atoms with Crippen molar-refractivity contribution < 1.29 is 0 Å². The van der Waals surface area contributed by atoms with Crippen LogP contribution >= 0.6 is 0 Å². The van der Waals surface area contributed by atoms with E-state index in [0.717, 1.165) is 30.9 Å². The summed E-state index contributed by atoms with van der Waals surface area (Å²) in [5.74, 6) is 2.02. The Balaban J connectivity index is 0.000000412. The van der Waals surface area contributed by atoms with Gasteiger partial charge in [-0.2, -0.15) is 0 Å². The predicted octanol–water partition coefficient (Wildman–Crippen LogP) is 3.67. The van der Waals surface area contributed by atoms with Crippen LogP contribution in [-0.4, -0.2) is 56.2 Å². The van der Waals surface area contributed by atoms with Crippen LogP contribution in [0, 0.1) is 18.8 Å². The lowest BCUT2D eigenvalue weighted by Crippen LogP contribution is -2.33. The molecule has 26 heavy (non-hydrogen) atoms. The summed E-state index contributed by atoms with van der Waals surface area (Å²) in [5.41, 5.74) is 0. The fraction of sp³-hybridized carbons (Fsp3) is 0.591. The molecule has 0 spiro atoms. The highest BCUT2D eigenvalue weighted by Gasteiger charge is 2.16. The average molecular weight is 359 g/mol. The molecule has 0 radical (unpaired) electrons. The molecule has 2 fully saturated rings. The van der Waals surface area contributed by atoms with Gasteiger partial charge in [0, 0.05) is 31.9 Å². The van der Waals surface area contributed by atoms with E-state index >= 15 is 0 Å². The van der Waals surface area contributed by atoms with Gasteiger partial charge in [-0.3, -0.25) is 0 Å². The van der Waals surface area contributed by atoms with Gasteiger partial charge >= 0.3 is 0 Å². The Kier molecular flexibility index (Phi) is 14.3. The number of rotatable bonds is 2. The van der Waals surface area contributed by atoms with E-state index in [9.17, 15) is 0 Å². The summed E-state index contributed by atoms with van der Waals surface area (Å²) in [6, 6.07) is 6.87. The van der Waals surface area contributed by atoms with Gasteiger partial charge in [0.25, 0.3) is 0 Å². The second kappa shape index (κ2) is 15.4. The maximum Gasteiger partial charge on any atom is 0.128 e. The summed E-state index contributed by atoms with van der Waals surface area (Å²) >= 11 is 0. The first kappa shape index (κ1) is 24.2. The Morgan fingerprint density at radius 2 is 1.81 bits per heavy atom. The van der Waals surface area contributed by atoms with Crippen LogP contribution in [0.5, 0.6) is 0 Å². The molecule has 0 aromatic carbocycles. The molecule has 1 aromatic rings. The zero-order chi connectivity index (χ0) is 19.8. The number of nitrogens with one attached hydrogen (secondary N) is 1. The molecule has 1 N–H and O–H groups in total. The second-order valence-electron chi connectivity index (χ2n) is 6.80. The number of anilines is 1. The van der Waals surface area contributed by atoms with Crippen LogP contribution < -0.4 is 10.2 Å². The molecule has 1 aromatic heterocycles. The van der Waals surface area contributed by atoms with Crippen molar-refractivity contribution >= 4 is 5.82 Å². The van der Waals surface area contributed by atoms with Gasteiger partial charge in [-0.15, -0.1) is 19.4 Å². The molecule has 3 heterocycles. The fourth-order valence-corrected chi connectivity index (χ4v) is 2.95. The van der Waals surface area contributed by atoms with Crippen molar-refractivity contribution in [3.63, 3.8) is 0 Å². The lowest BCUT2D eigenvalue weighted by atomic mass is 9.99. The number of nitrogens with zero attached hydrogens (tertiary/aromatic N) is 3. The van der Waals surface area contributed by atoms with Gasteiger partial charge < -0.3 is 15.1 Å². The van der Waals surface area contributed by atoms with Crippen molar-refractivity contribution in [1.82, 2.24) is 15.2 Å². The van der Waals surface area contributed by atoms with E-state index in [4.69, 9.17) is 0 Å². The summed E-state index contributed by atoms with van der Waals surface area (Å²) in [5, 5.41) is 3.25. The minimum Gasteiger partial charge on any atom is -0.357 e. The SMILES string of the molecule is C#C.C=CC.CC1CCN(c2ccccn2)CC1.CNC1CCN(C)C1. The van der Waals surface area contributed by atoms with Crippen molar-refractivity contribution in [1.29, 1.82) is 0 Å². The number of allylic oxidation sites excluding steroid dienone is 1. The molecule has 0 bridgehead atoms. The predicted molar refractivity (Wildman–Crippen MR) is 116 cm³/mol. The summed E-state index contributed by atoms with van der Waals surface area (Å²) in [7, 11) is 4.20. The number of piperidine rings is 1. The lowest BCUT2D eigenvalue weighted by molar-refractivity contribution is 0.403. The third-order valence-electron chi connectivity index (χ3n) is 4.56. The van der Waals surface area contributed by atoms with E-state index in [1.54, 1.807) is 6.08 Å². The van der Waals surface area contributed by atoms with Crippen LogP contribution in [0.3, 0.4) is 0 Å². The molecule has 4 nitrogen and oxygen atoms in total. The Morgan fingerprint density at radius 3 is 2.19 bits per heavy atom. The number of likely N-dealkylation sites (tertiary alicyclic amines) is 1. The molecule has 0 amide bonds. The van der Waals surface area contributed by atoms with Crippen molar-refractivity contribution in [2.45, 2.75) is 39.2 Å². The van der Waals surface area contributed by atoms with Crippen molar-refractivity contribution in [2.75, 3.05) is 45.2 Å². The second-order valence-corrected chi connectivity index (χ2v) is 6.80. The summed E-state index contributed by atoms with van der Waals surface area (Å²) in [6.07, 6.45) is 15.5.